The monoisotopic (exact) mass is 338 g/mol. The number of methoxy groups -OCH3 is 1. The van der Waals surface area contributed by atoms with Crippen molar-refractivity contribution in [3.63, 3.8) is 0 Å². The number of benzene rings is 2. The molecule has 0 aliphatic carbocycles. The van der Waals surface area contributed by atoms with Crippen molar-refractivity contribution in [3.8, 4) is 5.75 Å². The zero-order valence-corrected chi connectivity index (χ0v) is 14.5. The van der Waals surface area contributed by atoms with Gasteiger partial charge in [-0.1, -0.05) is 29.8 Å². The average molecular weight is 338 g/mol. The first-order valence-corrected chi connectivity index (χ1v) is 8.33. The van der Waals surface area contributed by atoms with Gasteiger partial charge in [0.25, 0.3) is 0 Å². The number of nitrogens with one attached hydrogen (secondary N) is 1. The third-order valence-electron chi connectivity index (χ3n) is 4.41. The molecule has 3 rings (SSSR count). The number of carbonyl (C=O) groups is 2. The Bertz CT molecular complexity index is 771. The molecule has 1 fully saturated rings. The molecule has 1 aliphatic heterocycles. The van der Waals surface area contributed by atoms with Gasteiger partial charge in [-0.2, -0.15) is 0 Å². The molecule has 1 saturated heterocycles. The Morgan fingerprint density at radius 2 is 2.00 bits per heavy atom. The predicted molar refractivity (Wildman–Crippen MR) is 96.3 cm³/mol. The number of anilines is 1. The molecule has 1 N–H and O–H groups in total. The van der Waals surface area contributed by atoms with Crippen LogP contribution in [-0.4, -0.2) is 30.4 Å². The van der Waals surface area contributed by atoms with Crippen LogP contribution in [-0.2, 0) is 16.1 Å². The van der Waals surface area contributed by atoms with Crippen LogP contribution in [0.4, 0.5) is 5.69 Å². The van der Waals surface area contributed by atoms with E-state index in [0.29, 0.717) is 13.1 Å². The minimum atomic E-state index is -0.320. The second kappa shape index (κ2) is 7.38. The number of aryl methyl sites for hydroxylation is 1. The molecule has 0 saturated carbocycles. The molecule has 2 aromatic rings. The van der Waals surface area contributed by atoms with Crippen molar-refractivity contribution < 1.29 is 14.3 Å². The van der Waals surface area contributed by atoms with Crippen molar-refractivity contribution in [1.29, 1.82) is 0 Å². The van der Waals surface area contributed by atoms with Gasteiger partial charge in [-0.15, -0.1) is 0 Å². The summed E-state index contributed by atoms with van der Waals surface area (Å²) < 4.78 is 5.21. The van der Waals surface area contributed by atoms with E-state index in [2.05, 4.69) is 5.32 Å². The summed E-state index contributed by atoms with van der Waals surface area (Å²) in [5.74, 6) is 0.342. The van der Waals surface area contributed by atoms with Gasteiger partial charge in [-0.25, -0.2) is 0 Å². The molecule has 1 aliphatic rings. The third-order valence-corrected chi connectivity index (χ3v) is 4.41. The molecule has 130 valence electrons. The molecule has 25 heavy (non-hydrogen) atoms. The summed E-state index contributed by atoms with van der Waals surface area (Å²) in [5.41, 5.74) is 2.89. The van der Waals surface area contributed by atoms with E-state index in [1.165, 1.54) is 0 Å². The van der Waals surface area contributed by atoms with E-state index in [-0.39, 0.29) is 24.2 Å². The van der Waals surface area contributed by atoms with Crippen LogP contribution in [0.15, 0.2) is 48.5 Å². The lowest BCUT2D eigenvalue weighted by atomic mass is 10.1. The molecule has 0 radical (unpaired) electrons. The van der Waals surface area contributed by atoms with E-state index < -0.39 is 0 Å². The molecule has 0 bridgehead atoms. The van der Waals surface area contributed by atoms with Gasteiger partial charge in [0.05, 0.1) is 13.0 Å². The quantitative estimate of drug-likeness (QED) is 0.912. The zero-order chi connectivity index (χ0) is 17.8. The molecule has 0 unspecified atom stereocenters. The Balaban J connectivity index is 1.61. The molecule has 2 aromatic carbocycles. The van der Waals surface area contributed by atoms with Gasteiger partial charge in [-0.3, -0.25) is 9.59 Å². The number of carbonyl (C=O) groups excluding carboxylic acids is 2. The highest BCUT2D eigenvalue weighted by molar-refractivity contribution is 5.97. The molecule has 0 spiro atoms. The topological polar surface area (TPSA) is 58.6 Å². The van der Waals surface area contributed by atoms with Crippen molar-refractivity contribution in [1.82, 2.24) is 4.90 Å². The SMILES string of the molecule is COc1cccc(CN2C[C@@H](C(=O)Nc3ccc(C)cc3)CC2=O)c1. The highest BCUT2D eigenvalue weighted by Crippen LogP contribution is 2.23. The Morgan fingerprint density at radius 1 is 1.24 bits per heavy atom. The first kappa shape index (κ1) is 17.0. The zero-order valence-electron chi connectivity index (χ0n) is 14.5. The lowest BCUT2D eigenvalue weighted by Crippen LogP contribution is -2.28. The van der Waals surface area contributed by atoms with Gasteiger partial charge in [0.15, 0.2) is 0 Å². The third kappa shape index (κ3) is 4.18. The van der Waals surface area contributed by atoms with Crippen molar-refractivity contribution in [2.45, 2.75) is 19.9 Å². The lowest BCUT2D eigenvalue weighted by molar-refractivity contribution is -0.128. The maximum Gasteiger partial charge on any atom is 0.229 e. The van der Waals surface area contributed by atoms with Gasteiger partial charge in [-0.05, 0) is 36.8 Å². The fraction of sp³-hybridized carbons (Fsp3) is 0.300. The number of amides is 2. The van der Waals surface area contributed by atoms with Crippen LogP contribution in [0, 0.1) is 12.8 Å². The summed E-state index contributed by atoms with van der Waals surface area (Å²) in [4.78, 5) is 26.4. The van der Waals surface area contributed by atoms with Crippen molar-refractivity contribution in [3.05, 3.63) is 59.7 Å². The Kier molecular flexibility index (Phi) is 5.03. The van der Waals surface area contributed by atoms with Crippen LogP contribution >= 0.6 is 0 Å². The summed E-state index contributed by atoms with van der Waals surface area (Å²) in [6.45, 7) is 2.93. The minimum Gasteiger partial charge on any atom is -0.497 e. The number of ether oxygens (including phenoxy) is 1. The van der Waals surface area contributed by atoms with Crippen molar-refractivity contribution in [2.24, 2.45) is 5.92 Å². The Morgan fingerprint density at radius 3 is 2.72 bits per heavy atom. The second-order valence-corrected chi connectivity index (χ2v) is 6.38. The molecule has 1 atom stereocenters. The van der Waals surface area contributed by atoms with Gasteiger partial charge < -0.3 is 15.0 Å². The maximum absolute atomic E-state index is 12.4. The summed E-state index contributed by atoms with van der Waals surface area (Å²) in [6, 6.07) is 15.3. The fourth-order valence-corrected chi connectivity index (χ4v) is 2.97. The maximum atomic E-state index is 12.4. The lowest BCUT2D eigenvalue weighted by Gasteiger charge is -2.17. The van der Waals surface area contributed by atoms with Crippen LogP contribution < -0.4 is 10.1 Å². The number of likely N-dealkylation sites (tertiary alicyclic amines) is 1. The Hall–Kier alpha value is -2.82. The van der Waals surface area contributed by atoms with Gasteiger partial charge >= 0.3 is 0 Å². The van der Waals surface area contributed by atoms with Gasteiger partial charge in [0, 0.05) is 25.2 Å². The van der Waals surface area contributed by atoms with Crippen LogP contribution in [0.5, 0.6) is 5.75 Å². The molecule has 0 aromatic heterocycles. The molecular weight excluding hydrogens is 316 g/mol. The second-order valence-electron chi connectivity index (χ2n) is 6.38. The van der Waals surface area contributed by atoms with Gasteiger partial charge in [0.1, 0.15) is 5.75 Å². The fourth-order valence-electron chi connectivity index (χ4n) is 2.97. The summed E-state index contributed by atoms with van der Waals surface area (Å²) in [7, 11) is 1.62. The van der Waals surface area contributed by atoms with E-state index >= 15 is 0 Å². The van der Waals surface area contributed by atoms with Crippen molar-refractivity contribution >= 4 is 17.5 Å². The molecular formula is C20H22N2O3. The molecule has 5 nitrogen and oxygen atoms in total. The van der Waals surface area contributed by atoms with E-state index in [1.807, 2.05) is 55.5 Å². The number of rotatable bonds is 5. The van der Waals surface area contributed by atoms with Crippen LogP contribution in [0.25, 0.3) is 0 Å². The standard InChI is InChI=1S/C20H22N2O3/c1-14-6-8-17(9-7-14)21-20(24)16-11-19(23)22(13-16)12-15-4-3-5-18(10-15)25-2/h3-10,16H,11-13H2,1-2H3,(H,21,24)/t16-/m0/s1. The number of hydrogen-bond donors (Lipinski definition) is 1. The smallest absolute Gasteiger partial charge is 0.229 e. The normalized spacial score (nSPS) is 16.8. The molecule has 1 heterocycles. The van der Waals surface area contributed by atoms with Crippen LogP contribution in [0.2, 0.25) is 0 Å². The average Bonchev–Trinajstić information content (AvgIpc) is 2.98. The summed E-state index contributed by atoms with van der Waals surface area (Å²) in [6.07, 6.45) is 0.252. The highest BCUT2D eigenvalue weighted by Gasteiger charge is 2.34. The molecule has 2 amide bonds. The van der Waals surface area contributed by atoms with E-state index in [4.69, 9.17) is 4.74 Å². The first-order chi connectivity index (χ1) is 12.0. The van der Waals surface area contributed by atoms with E-state index in [0.717, 1.165) is 22.6 Å². The van der Waals surface area contributed by atoms with Crippen molar-refractivity contribution in [2.75, 3.05) is 19.0 Å². The minimum absolute atomic E-state index is 0.00637. The number of hydrogen-bond acceptors (Lipinski definition) is 3. The van der Waals surface area contributed by atoms with Crippen LogP contribution in [0.1, 0.15) is 17.5 Å². The van der Waals surface area contributed by atoms with Crippen LogP contribution in [0.3, 0.4) is 0 Å². The predicted octanol–water partition coefficient (Wildman–Crippen LogP) is 2.99. The van der Waals surface area contributed by atoms with Gasteiger partial charge in [0.2, 0.25) is 11.8 Å². The summed E-state index contributed by atoms with van der Waals surface area (Å²) in [5, 5.41) is 2.90. The Labute approximate surface area is 147 Å². The largest absolute Gasteiger partial charge is 0.497 e. The highest BCUT2D eigenvalue weighted by atomic mass is 16.5. The van der Waals surface area contributed by atoms with E-state index in [1.54, 1.807) is 12.0 Å². The summed E-state index contributed by atoms with van der Waals surface area (Å²) >= 11 is 0. The van der Waals surface area contributed by atoms with E-state index in [9.17, 15) is 9.59 Å². The number of nitrogens with zero attached hydrogens (tertiary/aromatic N) is 1. The first-order valence-electron chi connectivity index (χ1n) is 8.33. The molecule has 5 heteroatoms.